The third kappa shape index (κ3) is 4.09. The van der Waals surface area contributed by atoms with Gasteiger partial charge in [0.15, 0.2) is 11.5 Å². The molecular weight excluding hydrogens is 426 g/mol. The van der Waals surface area contributed by atoms with E-state index in [1.165, 1.54) is 0 Å². The zero-order valence-corrected chi connectivity index (χ0v) is 19.9. The summed E-state index contributed by atoms with van der Waals surface area (Å²) in [6.07, 6.45) is 1.99. The Morgan fingerprint density at radius 2 is 2.03 bits per heavy atom. The lowest BCUT2D eigenvalue weighted by Crippen LogP contribution is -2.36. The van der Waals surface area contributed by atoms with Gasteiger partial charge in [0.05, 0.1) is 34.7 Å². The lowest BCUT2D eigenvalue weighted by molar-refractivity contribution is 0.264. The van der Waals surface area contributed by atoms with Crippen molar-refractivity contribution in [2.45, 2.75) is 65.1 Å². The van der Waals surface area contributed by atoms with Crippen molar-refractivity contribution < 1.29 is 5.11 Å². The van der Waals surface area contributed by atoms with Crippen LogP contribution in [0.2, 0.25) is 5.02 Å². The molecule has 0 amide bonds. The number of aliphatic hydroxyl groups is 1. The van der Waals surface area contributed by atoms with Gasteiger partial charge in [0, 0.05) is 19.1 Å². The zero-order valence-electron chi connectivity index (χ0n) is 19.1. The highest BCUT2D eigenvalue weighted by Crippen LogP contribution is 2.40. The number of nitrogen functional groups attached to an aromatic ring is 1. The summed E-state index contributed by atoms with van der Waals surface area (Å²) in [7, 11) is 0. The summed E-state index contributed by atoms with van der Waals surface area (Å²) in [6.45, 7) is 10.1. The lowest BCUT2D eigenvalue weighted by Gasteiger charge is -2.31. The number of fused-ring (bicyclic) bond motifs is 1. The molecule has 0 saturated carbocycles. The molecule has 1 saturated heterocycles. The molecule has 0 aliphatic carbocycles. The molecule has 3 heterocycles. The number of anilines is 3. The highest BCUT2D eigenvalue weighted by molar-refractivity contribution is 6.33. The Hall–Kier alpha value is -2.58. The largest absolute Gasteiger partial charge is 0.398 e. The summed E-state index contributed by atoms with van der Waals surface area (Å²) in [5.41, 5.74) is 10.2. The standard InChI is InChI=1S/C23H32ClN7O/c1-13(2)19-21-20(29-28-19)22(26-11-15-7-8-17(24)18(25)10-15)27-23(31(21)14(3)4)30-9-5-6-16(30)12-32/h7-8,10,13-14,16,26,32H,5-6,9,11-12,25H2,1-4H3. The number of benzene rings is 1. The van der Waals surface area contributed by atoms with Gasteiger partial charge in [0.1, 0.15) is 0 Å². The van der Waals surface area contributed by atoms with Crippen LogP contribution in [-0.2, 0) is 6.54 Å². The van der Waals surface area contributed by atoms with E-state index in [2.05, 4.69) is 52.7 Å². The molecule has 1 aromatic rings. The Kier molecular flexibility index (Phi) is 6.44. The molecule has 1 unspecified atom stereocenters. The van der Waals surface area contributed by atoms with E-state index in [1.807, 2.05) is 12.1 Å². The minimum atomic E-state index is 0.0623. The molecule has 1 aromatic carbocycles. The van der Waals surface area contributed by atoms with Crippen molar-refractivity contribution in [2.24, 2.45) is 0 Å². The summed E-state index contributed by atoms with van der Waals surface area (Å²) in [5, 5.41) is 23.0. The number of nitrogens with zero attached hydrogens (tertiary/aromatic N) is 5. The van der Waals surface area contributed by atoms with E-state index < -0.39 is 0 Å². The number of rotatable bonds is 7. The molecule has 9 heteroatoms. The van der Waals surface area contributed by atoms with Crippen molar-refractivity contribution in [1.29, 1.82) is 0 Å². The molecule has 4 rings (SSSR count). The van der Waals surface area contributed by atoms with E-state index in [9.17, 15) is 5.11 Å². The first-order valence-corrected chi connectivity index (χ1v) is 11.6. The topological polar surface area (TPSA) is 105 Å². The highest BCUT2D eigenvalue weighted by Gasteiger charge is 2.33. The molecule has 8 nitrogen and oxygen atoms in total. The van der Waals surface area contributed by atoms with Gasteiger partial charge in [-0.2, -0.15) is 10.1 Å². The molecule has 0 radical (unpaired) electrons. The number of halogens is 1. The van der Waals surface area contributed by atoms with E-state index in [1.54, 1.807) is 6.07 Å². The summed E-state index contributed by atoms with van der Waals surface area (Å²) < 4.78 is 2.23. The molecule has 32 heavy (non-hydrogen) atoms. The molecule has 1 atom stereocenters. The summed E-state index contributed by atoms with van der Waals surface area (Å²) in [4.78, 5) is 7.26. The lowest BCUT2D eigenvalue weighted by atomic mass is 10.1. The Morgan fingerprint density at radius 3 is 2.69 bits per heavy atom. The van der Waals surface area contributed by atoms with Crippen LogP contribution in [0.4, 0.5) is 17.5 Å². The Labute approximate surface area is 194 Å². The van der Waals surface area contributed by atoms with E-state index in [4.69, 9.17) is 22.3 Å². The van der Waals surface area contributed by atoms with Crippen molar-refractivity contribution in [1.82, 2.24) is 19.7 Å². The predicted molar refractivity (Wildman–Crippen MR) is 130 cm³/mol. The number of hydrogen-bond acceptors (Lipinski definition) is 7. The normalized spacial score (nSPS) is 16.6. The van der Waals surface area contributed by atoms with Crippen molar-refractivity contribution in [3.63, 3.8) is 0 Å². The smallest absolute Gasteiger partial charge is 0.208 e. The van der Waals surface area contributed by atoms with Crippen LogP contribution in [-0.4, -0.2) is 44.0 Å². The molecule has 0 spiro atoms. The molecular formula is C23H32ClN7O. The number of nitrogens with two attached hydrogens (primary N) is 1. The fourth-order valence-electron chi connectivity index (χ4n) is 4.41. The van der Waals surface area contributed by atoms with Gasteiger partial charge in [-0.05, 0) is 50.3 Å². The average Bonchev–Trinajstić information content (AvgIpc) is 3.40. The zero-order chi connectivity index (χ0) is 23.0. The maximum atomic E-state index is 9.97. The van der Waals surface area contributed by atoms with E-state index in [0.29, 0.717) is 23.1 Å². The van der Waals surface area contributed by atoms with Gasteiger partial charge >= 0.3 is 0 Å². The van der Waals surface area contributed by atoms with E-state index in [-0.39, 0.29) is 24.6 Å². The van der Waals surface area contributed by atoms with Crippen LogP contribution in [0.15, 0.2) is 18.2 Å². The third-order valence-corrected chi connectivity index (χ3v) is 6.39. The Balaban J connectivity index is 1.82. The number of aliphatic hydroxyl groups excluding tert-OH is 1. The second kappa shape index (κ2) is 9.11. The minimum Gasteiger partial charge on any atom is -0.398 e. The number of aromatic nitrogens is 4. The third-order valence-electron chi connectivity index (χ3n) is 6.05. The van der Waals surface area contributed by atoms with Crippen molar-refractivity contribution in [3.05, 3.63) is 34.5 Å². The van der Waals surface area contributed by atoms with Gasteiger partial charge < -0.3 is 25.6 Å². The van der Waals surface area contributed by atoms with Crippen LogP contribution in [0.1, 0.15) is 63.8 Å². The summed E-state index contributed by atoms with van der Waals surface area (Å²) in [6, 6.07) is 5.83. The molecule has 1 fully saturated rings. The quantitative estimate of drug-likeness (QED) is 0.454. The maximum absolute atomic E-state index is 9.97. The number of nitrogens with one attached hydrogen (secondary N) is 1. The van der Waals surface area contributed by atoms with E-state index >= 15 is 0 Å². The summed E-state index contributed by atoms with van der Waals surface area (Å²) in [5.74, 6) is 1.75. The second-order valence-electron chi connectivity index (χ2n) is 9.04. The fourth-order valence-corrected chi connectivity index (χ4v) is 4.52. The van der Waals surface area contributed by atoms with Crippen LogP contribution in [0.25, 0.3) is 11.4 Å². The molecule has 4 N–H and O–H groups in total. The van der Waals surface area contributed by atoms with Gasteiger partial charge in [-0.1, -0.05) is 31.5 Å². The maximum Gasteiger partial charge on any atom is 0.208 e. The first kappa shape index (κ1) is 22.6. The van der Waals surface area contributed by atoms with E-state index in [0.717, 1.165) is 48.0 Å². The fraction of sp³-hybridized carbons (Fsp3) is 0.522. The first-order valence-electron chi connectivity index (χ1n) is 11.3. The second-order valence-corrected chi connectivity index (χ2v) is 9.45. The van der Waals surface area contributed by atoms with Crippen LogP contribution >= 0.6 is 11.6 Å². The molecule has 0 aromatic heterocycles. The molecule has 3 aliphatic heterocycles. The molecule has 3 aliphatic rings. The first-order chi connectivity index (χ1) is 15.3. The molecule has 172 valence electrons. The van der Waals surface area contributed by atoms with Crippen molar-refractivity contribution >= 4 is 29.1 Å². The van der Waals surface area contributed by atoms with Gasteiger partial charge in [-0.15, -0.1) is 5.10 Å². The summed E-state index contributed by atoms with van der Waals surface area (Å²) >= 11 is 6.07. The van der Waals surface area contributed by atoms with Crippen LogP contribution in [0.3, 0.4) is 0 Å². The molecule has 0 bridgehead atoms. The van der Waals surface area contributed by atoms with Gasteiger partial charge in [-0.25, -0.2) is 0 Å². The SMILES string of the molecule is CC(C)c1nnc2c(NCc3ccc(Cl)c(N)c3)nc(N3CCCC3CO)n(C(C)C)c1-2. The highest BCUT2D eigenvalue weighted by atomic mass is 35.5. The van der Waals surface area contributed by atoms with Gasteiger partial charge in [0.25, 0.3) is 0 Å². The van der Waals surface area contributed by atoms with Crippen molar-refractivity contribution in [2.75, 3.05) is 29.1 Å². The predicted octanol–water partition coefficient (Wildman–Crippen LogP) is 4.29. The van der Waals surface area contributed by atoms with Gasteiger partial charge in [-0.3, -0.25) is 0 Å². The van der Waals surface area contributed by atoms with Crippen molar-refractivity contribution in [3.8, 4) is 11.4 Å². The minimum absolute atomic E-state index is 0.0623. The van der Waals surface area contributed by atoms with Crippen LogP contribution in [0.5, 0.6) is 0 Å². The monoisotopic (exact) mass is 457 g/mol. The van der Waals surface area contributed by atoms with Crippen LogP contribution < -0.4 is 16.0 Å². The van der Waals surface area contributed by atoms with Crippen LogP contribution in [0, 0.1) is 0 Å². The van der Waals surface area contributed by atoms with Gasteiger partial charge in [0.2, 0.25) is 5.95 Å². The number of hydrogen-bond donors (Lipinski definition) is 3. The Bertz CT molecular complexity index is 1060. The average molecular weight is 458 g/mol. The Morgan fingerprint density at radius 1 is 1.25 bits per heavy atom.